The van der Waals surface area contributed by atoms with E-state index in [2.05, 4.69) is 21.0 Å². The van der Waals surface area contributed by atoms with Gasteiger partial charge in [0.25, 0.3) is 10.0 Å². The Kier molecular flexibility index (Phi) is 5.08. The summed E-state index contributed by atoms with van der Waals surface area (Å²) in [5.74, 6) is 0. The Morgan fingerprint density at radius 1 is 0.929 bits per heavy atom. The highest BCUT2D eigenvalue weighted by Gasteiger charge is 2.37. The minimum atomic E-state index is -3.77. The third-order valence-electron chi connectivity index (χ3n) is 4.80. The van der Waals surface area contributed by atoms with E-state index in [9.17, 15) is 8.42 Å². The van der Waals surface area contributed by atoms with Crippen molar-refractivity contribution < 1.29 is 8.42 Å². The van der Waals surface area contributed by atoms with Gasteiger partial charge in [-0.15, -0.1) is 0 Å². The lowest BCUT2D eigenvalue weighted by molar-refractivity contribution is 0.371. The van der Waals surface area contributed by atoms with E-state index < -0.39 is 10.0 Å². The highest BCUT2D eigenvalue weighted by Crippen LogP contribution is 2.37. The molecule has 0 amide bonds. The van der Waals surface area contributed by atoms with Crippen LogP contribution in [-0.2, 0) is 10.0 Å². The molecule has 1 heterocycles. The Bertz CT molecular complexity index is 1110. The monoisotopic (exact) mass is 454 g/mol. The average Bonchev–Trinajstić information content (AvgIpc) is 3.16. The topological polar surface area (TPSA) is 49.7 Å². The summed E-state index contributed by atoms with van der Waals surface area (Å²) in [6.45, 7) is 1.93. The van der Waals surface area contributed by atoms with Crippen LogP contribution >= 0.6 is 15.9 Å². The fourth-order valence-electron chi connectivity index (χ4n) is 3.27. The molecule has 4 nitrogen and oxygen atoms in total. The molecule has 0 aliphatic carbocycles. The second-order valence-electron chi connectivity index (χ2n) is 6.77. The molecule has 3 aromatic rings. The molecule has 0 N–H and O–H groups in total. The Labute approximate surface area is 173 Å². The minimum absolute atomic E-state index is 0.250. The quantitative estimate of drug-likeness (QED) is 0.536. The number of rotatable bonds is 4. The summed E-state index contributed by atoms with van der Waals surface area (Å²) < 4.78 is 29.0. The smallest absolute Gasteiger partial charge is 0.200 e. The molecule has 4 rings (SSSR count). The van der Waals surface area contributed by atoms with E-state index in [1.165, 1.54) is 4.41 Å². The first-order valence-corrected chi connectivity index (χ1v) is 11.2. The standard InChI is InChI=1S/C22H19BrN2O2S/c1-16-7-13-20(14-8-16)28(26,27)25-22(18-5-3-2-4-6-18)15-21(24-25)17-9-11-19(23)12-10-17/h2-14,22H,15H2,1H3. The van der Waals surface area contributed by atoms with Crippen LogP contribution in [0, 0.1) is 6.92 Å². The van der Waals surface area contributed by atoms with Gasteiger partial charge in [-0.2, -0.15) is 17.9 Å². The largest absolute Gasteiger partial charge is 0.279 e. The zero-order chi connectivity index (χ0) is 19.7. The third kappa shape index (κ3) is 3.62. The lowest BCUT2D eigenvalue weighted by Gasteiger charge is -2.23. The molecule has 28 heavy (non-hydrogen) atoms. The lowest BCUT2D eigenvalue weighted by Crippen LogP contribution is -2.27. The van der Waals surface area contributed by atoms with Crippen molar-refractivity contribution in [3.8, 4) is 0 Å². The second-order valence-corrected chi connectivity index (χ2v) is 9.49. The molecule has 1 aliphatic heterocycles. The summed E-state index contributed by atoms with van der Waals surface area (Å²) in [5.41, 5.74) is 3.62. The zero-order valence-corrected chi connectivity index (χ0v) is 17.7. The fourth-order valence-corrected chi connectivity index (χ4v) is 4.97. The Balaban J connectivity index is 1.79. The molecule has 1 aliphatic rings. The van der Waals surface area contributed by atoms with Crippen LogP contribution in [0.1, 0.15) is 29.2 Å². The van der Waals surface area contributed by atoms with Crippen molar-refractivity contribution in [1.82, 2.24) is 4.41 Å². The third-order valence-corrected chi connectivity index (χ3v) is 7.02. The number of hydrogen-bond donors (Lipinski definition) is 0. The summed E-state index contributed by atoms with van der Waals surface area (Å²) in [4.78, 5) is 0.250. The minimum Gasteiger partial charge on any atom is -0.200 e. The zero-order valence-electron chi connectivity index (χ0n) is 15.3. The number of sulfonamides is 1. The molecule has 0 fully saturated rings. The van der Waals surface area contributed by atoms with Crippen LogP contribution in [0.4, 0.5) is 0 Å². The lowest BCUT2D eigenvalue weighted by atomic mass is 9.99. The Morgan fingerprint density at radius 2 is 1.57 bits per heavy atom. The van der Waals surface area contributed by atoms with E-state index in [1.807, 2.05) is 61.5 Å². The summed E-state index contributed by atoms with van der Waals surface area (Å²) in [5, 5.41) is 4.56. The Morgan fingerprint density at radius 3 is 2.21 bits per heavy atom. The molecule has 0 aromatic heterocycles. The van der Waals surface area contributed by atoms with Gasteiger partial charge in [0, 0.05) is 10.9 Å². The summed E-state index contributed by atoms with van der Waals surface area (Å²) in [6, 6.07) is 24.0. The van der Waals surface area contributed by atoms with Crippen LogP contribution < -0.4 is 0 Å². The van der Waals surface area contributed by atoms with Crippen molar-refractivity contribution in [2.45, 2.75) is 24.3 Å². The maximum absolute atomic E-state index is 13.4. The maximum Gasteiger partial charge on any atom is 0.279 e. The fraction of sp³-hybridized carbons (Fsp3) is 0.136. The molecule has 3 aromatic carbocycles. The van der Waals surface area contributed by atoms with Gasteiger partial charge in [0.1, 0.15) is 0 Å². The molecule has 142 valence electrons. The first kappa shape index (κ1) is 18.9. The molecule has 0 radical (unpaired) electrons. The van der Waals surface area contributed by atoms with Gasteiger partial charge in [0.15, 0.2) is 0 Å². The average molecular weight is 455 g/mol. The molecule has 0 bridgehead atoms. The highest BCUT2D eigenvalue weighted by atomic mass is 79.9. The van der Waals surface area contributed by atoms with E-state index in [1.54, 1.807) is 24.3 Å². The number of halogens is 1. The predicted molar refractivity (Wildman–Crippen MR) is 115 cm³/mol. The first-order valence-electron chi connectivity index (χ1n) is 8.94. The molecular weight excluding hydrogens is 436 g/mol. The van der Waals surface area contributed by atoms with E-state index in [0.717, 1.165) is 26.9 Å². The van der Waals surface area contributed by atoms with E-state index in [0.29, 0.717) is 6.42 Å². The van der Waals surface area contributed by atoms with Crippen LogP contribution in [0.3, 0.4) is 0 Å². The highest BCUT2D eigenvalue weighted by molar-refractivity contribution is 9.10. The van der Waals surface area contributed by atoms with Crippen LogP contribution in [0.15, 0.2) is 93.3 Å². The molecular formula is C22H19BrN2O2S. The summed E-state index contributed by atoms with van der Waals surface area (Å²) in [7, 11) is -3.77. The van der Waals surface area contributed by atoms with Gasteiger partial charge >= 0.3 is 0 Å². The van der Waals surface area contributed by atoms with Gasteiger partial charge in [-0.3, -0.25) is 0 Å². The van der Waals surface area contributed by atoms with Gasteiger partial charge < -0.3 is 0 Å². The number of benzene rings is 3. The normalized spacial score (nSPS) is 16.9. The second kappa shape index (κ2) is 7.53. The van der Waals surface area contributed by atoms with Crippen molar-refractivity contribution in [1.29, 1.82) is 0 Å². The van der Waals surface area contributed by atoms with Gasteiger partial charge in [-0.25, -0.2) is 0 Å². The van der Waals surface area contributed by atoms with Gasteiger partial charge in [-0.05, 0) is 42.3 Å². The number of hydrazone groups is 1. The van der Waals surface area contributed by atoms with Crippen LogP contribution in [0.5, 0.6) is 0 Å². The van der Waals surface area contributed by atoms with Gasteiger partial charge in [0.2, 0.25) is 0 Å². The first-order chi connectivity index (χ1) is 13.4. The molecule has 1 atom stereocenters. The predicted octanol–water partition coefficient (Wildman–Crippen LogP) is 5.30. The van der Waals surface area contributed by atoms with Crippen molar-refractivity contribution in [2.24, 2.45) is 5.10 Å². The van der Waals surface area contributed by atoms with Crippen molar-refractivity contribution in [3.05, 3.63) is 100 Å². The van der Waals surface area contributed by atoms with Crippen LogP contribution in [0.2, 0.25) is 0 Å². The van der Waals surface area contributed by atoms with Crippen LogP contribution in [-0.4, -0.2) is 18.5 Å². The van der Waals surface area contributed by atoms with Crippen molar-refractivity contribution in [2.75, 3.05) is 0 Å². The van der Waals surface area contributed by atoms with E-state index >= 15 is 0 Å². The number of aryl methyl sites for hydroxylation is 1. The number of hydrogen-bond acceptors (Lipinski definition) is 3. The van der Waals surface area contributed by atoms with Gasteiger partial charge in [0.05, 0.1) is 16.6 Å². The van der Waals surface area contributed by atoms with Crippen molar-refractivity contribution >= 4 is 31.7 Å². The molecule has 0 saturated carbocycles. The van der Waals surface area contributed by atoms with E-state index in [-0.39, 0.29) is 10.9 Å². The summed E-state index contributed by atoms with van der Waals surface area (Å²) in [6.07, 6.45) is 0.525. The number of nitrogens with zero attached hydrogens (tertiary/aromatic N) is 2. The Hall–Kier alpha value is -2.44. The SMILES string of the molecule is Cc1ccc(S(=O)(=O)N2N=C(c3ccc(Br)cc3)CC2c2ccccc2)cc1. The molecule has 1 unspecified atom stereocenters. The molecule has 0 saturated heterocycles. The molecule has 0 spiro atoms. The van der Waals surface area contributed by atoms with Crippen LogP contribution in [0.25, 0.3) is 0 Å². The summed E-state index contributed by atoms with van der Waals surface area (Å²) >= 11 is 3.44. The van der Waals surface area contributed by atoms with E-state index in [4.69, 9.17) is 0 Å². The van der Waals surface area contributed by atoms with Crippen molar-refractivity contribution in [3.63, 3.8) is 0 Å². The maximum atomic E-state index is 13.4. The molecule has 6 heteroatoms. The van der Waals surface area contributed by atoms with Gasteiger partial charge in [-0.1, -0.05) is 76.1 Å².